The highest BCUT2D eigenvalue weighted by Gasteiger charge is 2.33. The van der Waals surface area contributed by atoms with Crippen molar-refractivity contribution in [3.63, 3.8) is 0 Å². The predicted molar refractivity (Wildman–Crippen MR) is 83.3 cm³/mol. The standard InChI is InChI=1S/C15H20BrNO4/c1-3-8-15(2,14(19)20)17-13(18)7-9-21-12-6-4-5-11(16)10-12/h4-6,10H,3,7-9H2,1-2H3,(H,17,18)(H,19,20). The van der Waals surface area contributed by atoms with Crippen molar-refractivity contribution in [2.75, 3.05) is 6.61 Å². The van der Waals surface area contributed by atoms with E-state index in [1.807, 2.05) is 19.1 Å². The van der Waals surface area contributed by atoms with E-state index in [0.717, 1.165) is 4.47 Å². The van der Waals surface area contributed by atoms with Crippen molar-refractivity contribution in [1.29, 1.82) is 0 Å². The summed E-state index contributed by atoms with van der Waals surface area (Å²) < 4.78 is 6.35. The molecule has 0 aliphatic rings. The van der Waals surface area contributed by atoms with Crippen LogP contribution in [0.4, 0.5) is 0 Å². The Morgan fingerprint density at radius 2 is 2.14 bits per heavy atom. The first kappa shape index (κ1) is 17.5. The van der Waals surface area contributed by atoms with Gasteiger partial charge in [0, 0.05) is 4.47 Å². The lowest BCUT2D eigenvalue weighted by Gasteiger charge is -2.25. The maximum atomic E-state index is 11.8. The number of carboxylic acids is 1. The van der Waals surface area contributed by atoms with Crippen LogP contribution in [0.3, 0.4) is 0 Å². The molecular formula is C15H20BrNO4. The molecule has 1 aromatic rings. The number of halogens is 1. The third-order valence-electron chi connectivity index (χ3n) is 3.03. The number of nitrogens with one attached hydrogen (secondary N) is 1. The van der Waals surface area contributed by atoms with Crippen LogP contribution in [-0.2, 0) is 9.59 Å². The molecule has 0 radical (unpaired) electrons. The largest absolute Gasteiger partial charge is 0.493 e. The minimum atomic E-state index is -1.22. The van der Waals surface area contributed by atoms with Crippen molar-refractivity contribution < 1.29 is 19.4 Å². The summed E-state index contributed by atoms with van der Waals surface area (Å²) in [5, 5.41) is 11.8. The Bertz CT molecular complexity index is 506. The fraction of sp³-hybridized carbons (Fsp3) is 0.467. The van der Waals surface area contributed by atoms with E-state index < -0.39 is 11.5 Å². The molecule has 0 fully saturated rings. The lowest BCUT2D eigenvalue weighted by molar-refractivity contribution is -0.147. The molecule has 21 heavy (non-hydrogen) atoms. The Morgan fingerprint density at radius 1 is 1.43 bits per heavy atom. The van der Waals surface area contributed by atoms with Crippen molar-refractivity contribution in [3.05, 3.63) is 28.7 Å². The number of carboxylic acid groups (broad SMARTS) is 1. The van der Waals surface area contributed by atoms with Crippen LogP contribution in [0.2, 0.25) is 0 Å². The fourth-order valence-corrected chi connectivity index (χ4v) is 2.29. The highest BCUT2D eigenvalue weighted by molar-refractivity contribution is 9.10. The van der Waals surface area contributed by atoms with Crippen LogP contribution in [0.1, 0.15) is 33.1 Å². The molecule has 0 aromatic heterocycles. The van der Waals surface area contributed by atoms with Gasteiger partial charge in [-0.15, -0.1) is 0 Å². The van der Waals surface area contributed by atoms with E-state index in [4.69, 9.17) is 4.74 Å². The van der Waals surface area contributed by atoms with Crippen LogP contribution >= 0.6 is 15.9 Å². The smallest absolute Gasteiger partial charge is 0.329 e. The van der Waals surface area contributed by atoms with Gasteiger partial charge in [0.05, 0.1) is 13.0 Å². The number of rotatable bonds is 8. The van der Waals surface area contributed by atoms with Crippen molar-refractivity contribution in [1.82, 2.24) is 5.32 Å². The van der Waals surface area contributed by atoms with Crippen molar-refractivity contribution in [2.24, 2.45) is 0 Å². The van der Waals surface area contributed by atoms with E-state index in [9.17, 15) is 14.7 Å². The van der Waals surface area contributed by atoms with Gasteiger partial charge in [-0.25, -0.2) is 4.79 Å². The summed E-state index contributed by atoms with van der Waals surface area (Å²) >= 11 is 3.33. The summed E-state index contributed by atoms with van der Waals surface area (Å²) in [6.45, 7) is 3.60. The number of carbonyl (C=O) groups excluding carboxylic acids is 1. The Hall–Kier alpha value is -1.56. The van der Waals surface area contributed by atoms with Crippen LogP contribution in [0.5, 0.6) is 5.75 Å². The monoisotopic (exact) mass is 357 g/mol. The molecule has 0 aliphatic heterocycles. The van der Waals surface area contributed by atoms with E-state index in [0.29, 0.717) is 18.6 Å². The highest BCUT2D eigenvalue weighted by Crippen LogP contribution is 2.18. The van der Waals surface area contributed by atoms with Gasteiger partial charge in [0.1, 0.15) is 11.3 Å². The van der Waals surface area contributed by atoms with E-state index in [2.05, 4.69) is 21.2 Å². The summed E-state index contributed by atoms with van der Waals surface area (Å²) in [6, 6.07) is 7.31. The summed E-state index contributed by atoms with van der Waals surface area (Å²) in [6.07, 6.45) is 1.18. The zero-order chi connectivity index (χ0) is 15.9. The quantitative estimate of drug-likeness (QED) is 0.749. The lowest BCUT2D eigenvalue weighted by Crippen LogP contribution is -2.52. The van der Waals surface area contributed by atoms with Crippen LogP contribution < -0.4 is 10.1 Å². The number of aliphatic carboxylic acids is 1. The molecular weight excluding hydrogens is 338 g/mol. The van der Waals surface area contributed by atoms with E-state index in [-0.39, 0.29) is 18.9 Å². The maximum Gasteiger partial charge on any atom is 0.329 e. The van der Waals surface area contributed by atoms with Gasteiger partial charge in [0.2, 0.25) is 5.91 Å². The summed E-state index contributed by atoms with van der Waals surface area (Å²) in [5.41, 5.74) is -1.22. The molecule has 0 spiro atoms. The molecule has 1 rings (SSSR count). The van der Waals surface area contributed by atoms with Gasteiger partial charge in [0.15, 0.2) is 0 Å². The summed E-state index contributed by atoms with van der Waals surface area (Å²) in [7, 11) is 0. The molecule has 6 heteroatoms. The SMILES string of the molecule is CCCC(C)(NC(=O)CCOc1cccc(Br)c1)C(=O)O. The van der Waals surface area contributed by atoms with Crippen molar-refractivity contribution >= 4 is 27.8 Å². The minimum Gasteiger partial charge on any atom is -0.493 e. The fourth-order valence-electron chi connectivity index (χ4n) is 1.91. The molecule has 2 N–H and O–H groups in total. The van der Waals surface area contributed by atoms with Gasteiger partial charge >= 0.3 is 5.97 Å². The van der Waals surface area contributed by atoms with Gasteiger partial charge in [-0.05, 0) is 31.5 Å². The summed E-state index contributed by atoms with van der Waals surface area (Å²) in [5.74, 6) is -0.694. The number of hydrogen-bond acceptors (Lipinski definition) is 3. The summed E-state index contributed by atoms with van der Waals surface area (Å²) in [4.78, 5) is 23.1. The maximum absolute atomic E-state index is 11.8. The first-order valence-electron chi connectivity index (χ1n) is 6.80. The minimum absolute atomic E-state index is 0.110. The lowest BCUT2D eigenvalue weighted by atomic mass is 9.96. The number of hydrogen-bond donors (Lipinski definition) is 2. The topological polar surface area (TPSA) is 75.6 Å². The van der Waals surface area contributed by atoms with Gasteiger partial charge in [-0.3, -0.25) is 4.79 Å². The van der Waals surface area contributed by atoms with E-state index >= 15 is 0 Å². The van der Waals surface area contributed by atoms with E-state index in [1.54, 1.807) is 12.1 Å². The van der Waals surface area contributed by atoms with E-state index in [1.165, 1.54) is 6.92 Å². The van der Waals surface area contributed by atoms with Crippen LogP contribution in [0.15, 0.2) is 28.7 Å². The molecule has 1 amide bonds. The average Bonchev–Trinajstić information content (AvgIpc) is 2.38. The number of amides is 1. The van der Waals surface area contributed by atoms with Crippen LogP contribution in [-0.4, -0.2) is 29.1 Å². The Kier molecular flexibility index (Phi) is 6.68. The zero-order valence-electron chi connectivity index (χ0n) is 12.2. The molecule has 0 aliphatic carbocycles. The molecule has 116 valence electrons. The molecule has 0 saturated carbocycles. The van der Waals surface area contributed by atoms with Crippen LogP contribution in [0, 0.1) is 0 Å². The first-order valence-corrected chi connectivity index (χ1v) is 7.59. The molecule has 1 aromatic carbocycles. The number of benzene rings is 1. The molecule has 0 saturated heterocycles. The van der Waals surface area contributed by atoms with Crippen LogP contribution in [0.25, 0.3) is 0 Å². The highest BCUT2D eigenvalue weighted by atomic mass is 79.9. The molecule has 0 heterocycles. The molecule has 1 atom stereocenters. The number of carbonyl (C=O) groups is 2. The first-order chi connectivity index (χ1) is 9.87. The second-order valence-corrected chi connectivity index (χ2v) is 5.91. The van der Waals surface area contributed by atoms with Gasteiger partial charge in [0.25, 0.3) is 0 Å². The molecule has 1 unspecified atom stereocenters. The Labute approximate surface area is 132 Å². The predicted octanol–water partition coefficient (Wildman–Crippen LogP) is 2.98. The zero-order valence-corrected chi connectivity index (χ0v) is 13.8. The number of ether oxygens (including phenoxy) is 1. The van der Waals surface area contributed by atoms with Gasteiger partial charge in [-0.1, -0.05) is 35.3 Å². The molecule has 0 bridgehead atoms. The van der Waals surface area contributed by atoms with Gasteiger partial charge in [-0.2, -0.15) is 0 Å². The average molecular weight is 358 g/mol. The third-order valence-corrected chi connectivity index (χ3v) is 3.52. The molecule has 5 nitrogen and oxygen atoms in total. The van der Waals surface area contributed by atoms with Gasteiger partial charge < -0.3 is 15.2 Å². The van der Waals surface area contributed by atoms with Crippen molar-refractivity contribution in [2.45, 2.75) is 38.6 Å². The second-order valence-electron chi connectivity index (χ2n) is 4.99. The van der Waals surface area contributed by atoms with Crippen molar-refractivity contribution in [3.8, 4) is 5.75 Å². The third kappa shape index (κ3) is 5.75. The Balaban J connectivity index is 2.45. The second kappa shape index (κ2) is 8.02. The Morgan fingerprint density at radius 3 is 2.71 bits per heavy atom. The normalized spacial score (nSPS) is 13.3.